The second kappa shape index (κ2) is 8.06. The highest BCUT2D eigenvalue weighted by Crippen LogP contribution is 2.31. The Kier molecular flexibility index (Phi) is 5.84. The molecule has 24 heavy (non-hydrogen) atoms. The minimum absolute atomic E-state index is 0.198. The number of ether oxygens (including phenoxy) is 4. The summed E-state index contributed by atoms with van der Waals surface area (Å²) >= 11 is 0. The molecule has 0 saturated heterocycles. The lowest BCUT2D eigenvalue weighted by Crippen LogP contribution is -2.01. The maximum Gasteiger partial charge on any atom is 0.189 e. The van der Waals surface area contributed by atoms with Gasteiger partial charge in [0.2, 0.25) is 0 Å². The molecule has 5 heteroatoms. The van der Waals surface area contributed by atoms with E-state index in [1.54, 1.807) is 56.7 Å². The topological polar surface area (TPSA) is 54.0 Å². The summed E-state index contributed by atoms with van der Waals surface area (Å²) in [6.07, 6.45) is 3.15. The monoisotopic (exact) mass is 328 g/mol. The molecule has 0 atom stereocenters. The highest BCUT2D eigenvalue weighted by atomic mass is 16.5. The first-order valence-electron chi connectivity index (χ1n) is 7.30. The predicted molar refractivity (Wildman–Crippen MR) is 92.5 cm³/mol. The smallest absolute Gasteiger partial charge is 0.189 e. The molecule has 5 nitrogen and oxygen atoms in total. The lowest BCUT2D eigenvalue weighted by Gasteiger charge is -2.10. The van der Waals surface area contributed by atoms with Crippen LogP contribution in [-0.4, -0.2) is 34.2 Å². The normalized spacial score (nSPS) is 10.5. The van der Waals surface area contributed by atoms with Crippen LogP contribution in [0, 0.1) is 0 Å². The molecule has 0 fully saturated rings. The van der Waals surface area contributed by atoms with Gasteiger partial charge in [-0.1, -0.05) is 6.07 Å². The van der Waals surface area contributed by atoms with E-state index in [0.29, 0.717) is 28.6 Å². The van der Waals surface area contributed by atoms with E-state index in [1.807, 2.05) is 0 Å². The van der Waals surface area contributed by atoms with Gasteiger partial charge in [0.15, 0.2) is 17.3 Å². The zero-order valence-electron chi connectivity index (χ0n) is 14.2. The SMILES string of the molecule is COc1ccc(OC)c(/C=C/C(=O)c2cccc(OC)c2OC)c1. The highest BCUT2D eigenvalue weighted by Gasteiger charge is 2.14. The maximum absolute atomic E-state index is 12.5. The fourth-order valence-corrected chi connectivity index (χ4v) is 2.31. The van der Waals surface area contributed by atoms with Crippen molar-refractivity contribution in [3.05, 3.63) is 53.6 Å². The third-order valence-corrected chi connectivity index (χ3v) is 3.52. The molecule has 0 radical (unpaired) electrons. The molecule has 0 heterocycles. The zero-order chi connectivity index (χ0) is 17.5. The van der Waals surface area contributed by atoms with Gasteiger partial charge >= 0.3 is 0 Å². The van der Waals surface area contributed by atoms with E-state index < -0.39 is 0 Å². The number of methoxy groups -OCH3 is 4. The number of para-hydroxylation sites is 1. The van der Waals surface area contributed by atoms with Crippen LogP contribution in [0.2, 0.25) is 0 Å². The number of ketones is 1. The second-order valence-corrected chi connectivity index (χ2v) is 4.85. The van der Waals surface area contributed by atoms with Gasteiger partial charge in [-0.2, -0.15) is 0 Å². The summed E-state index contributed by atoms with van der Waals surface area (Å²) in [6, 6.07) is 10.6. The number of rotatable bonds is 7. The van der Waals surface area contributed by atoms with Crippen LogP contribution in [0.1, 0.15) is 15.9 Å². The Morgan fingerprint density at radius 3 is 2.25 bits per heavy atom. The number of carbonyl (C=O) groups excluding carboxylic acids is 1. The van der Waals surface area contributed by atoms with Crippen molar-refractivity contribution in [1.29, 1.82) is 0 Å². The summed E-state index contributed by atoms with van der Waals surface area (Å²) in [5.41, 5.74) is 1.17. The van der Waals surface area contributed by atoms with Crippen molar-refractivity contribution in [2.24, 2.45) is 0 Å². The van der Waals surface area contributed by atoms with Crippen LogP contribution in [0.25, 0.3) is 6.08 Å². The second-order valence-electron chi connectivity index (χ2n) is 4.85. The fourth-order valence-electron chi connectivity index (χ4n) is 2.31. The van der Waals surface area contributed by atoms with Gasteiger partial charge in [0, 0.05) is 5.56 Å². The van der Waals surface area contributed by atoms with Crippen LogP contribution in [0.5, 0.6) is 23.0 Å². The summed E-state index contributed by atoms with van der Waals surface area (Å²) in [5.74, 6) is 2.05. The molecule has 2 aromatic rings. The summed E-state index contributed by atoms with van der Waals surface area (Å²) in [4.78, 5) is 12.5. The Bertz CT molecular complexity index is 749. The lowest BCUT2D eigenvalue weighted by molar-refractivity contribution is 0.104. The maximum atomic E-state index is 12.5. The number of benzene rings is 2. The van der Waals surface area contributed by atoms with Crippen molar-refractivity contribution in [1.82, 2.24) is 0 Å². The van der Waals surface area contributed by atoms with Crippen molar-refractivity contribution in [3.8, 4) is 23.0 Å². The van der Waals surface area contributed by atoms with E-state index in [0.717, 1.165) is 5.56 Å². The van der Waals surface area contributed by atoms with Crippen molar-refractivity contribution in [2.75, 3.05) is 28.4 Å². The van der Waals surface area contributed by atoms with Crippen molar-refractivity contribution >= 4 is 11.9 Å². The molecule has 0 unspecified atom stereocenters. The molecule has 0 saturated carbocycles. The molecular weight excluding hydrogens is 308 g/mol. The van der Waals surface area contributed by atoms with Crippen LogP contribution in [-0.2, 0) is 0 Å². The molecule has 2 rings (SSSR count). The van der Waals surface area contributed by atoms with Crippen LogP contribution >= 0.6 is 0 Å². The number of hydrogen-bond acceptors (Lipinski definition) is 5. The zero-order valence-corrected chi connectivity index (χ0v) is 14.2. The van der Waals surface area contributed by atoms with Gasteiger partial charge in [-0.25, -0.2) is 0 Å². The molecule has 0 aromatic heterocycles. The van der Waals surface area contributed by atoms with Gasteiger partial charge in [-0.05, 0) is 42.5 Å². The van der Waals surface area contributed by atoms with Crippen LogP contribution in [0.4, 0.5) is 0 Å². The number of allylic oxidation sites excluding steroid dienone is 1. The van der Waals surface area contributed by atoms with Crippen molar-refractivity contribution in [3.63, 3.8) is 0 Å². The van der Waals surface area contributed by atoms with E-state index in [9.17, 15) is 4.79 Å². The van der Waals surface area contributed by atoms with E-state index in [-0.39, 0.29) is 5.78 Å². The number of hydrogen-bond donors (Lipinski definition) is 0. The number of carbonyl (C=O) groups is 1. The Balaban J connectivity index is 2.35. The summed E-state index contributed by atoms with van der Waals surface area (Å²) in [7, 11) is 6.19. The molecule has 0 bridgehead atoms. The van der Waals surface area contributed by atoms with Gasteiger partial charge in [0.1, 0.15) is 11.5 Å². The van der Waals surface area contributed by atoms with Gasteiger partial charge in [0.25, 0.3) is 0 Å². The molecule has 0 N–H and O–H groups in total. The quantitative estimate of drug-likeness (QED) is 0.574. The van der Waals surface area contributed by atoms with E-state index >= 15 is 0 Å². The molecule has 0 aliphatic carbocycles. The molecule has 0 aliphatic heterocycles. The Hall–Kier alpha value is -2.95. The highest BCUT2D eigenvalue weighted by molar-refractivity contribution is 6.09. The molecule has 0 amide bonds. The van der Waals surface area contributed by atoms with Crippen LogP contribution in [0.3, 0.4) is 0 Å². The largest absolute Gasteiger partial charge is 0.497 e. The van der Waals surface area contributed by atoms with Crippen molar-refractivity contribution in [2.45, 2.75) is 0 Å². The van der Waals surface area contributed by atoms with Gasteiger partial charge in [-0.15, -0.1) is 0 Å². The Morgan fingerprint density at radius 1 is 0.875 bits per heavy atom. The Labute approximate surface area is 141 Å². The minimum atomic E-state index is -0.198. The minimum Gasteiger partial charge on any atom is -0.497 e. The molecule has 126 valence electrons. The van der Waals surface area contributed by atoms with Crippen molar-refractivity contribution < 1.29 is 23.7 Å². The summed E-state index contributed by atoms with van der Waals surface area (Å²) in [5, 5.41) is 0. The third-order valence-electron chi connectivity index (χ3n) is 3.52. The molecule has 0 aliphatic rings. The van der Waals surface area contributed by atoms with Gasteiger partial charge in [-0.3, -0.25) is 4.79 Å². The van der Waals surface area contributed by atoms with E-state index in [2.05, 4.69) is 0 Å². The summed E-state index contributed by atoms with van der Waals surface area (Å²) in [6.45, 7) is 0. The standard InChI is InChI=1S/C19H20O5/c1-21-14-9-11-17(22-2)13(12-14)8-10-16(20)15-6-5-7-18(23-3)19(15)24-4/h5-12H,1-4H3/b10-8+. The molecular formula is C19H20O5. The Morgan fingerprint density at radius 2 is 1.62 bits per heavy atom. The lowest BCUT2D eigenvalue weighted by atomic mass is 10.1. The average Bonchev–Trinajstić information content (AvgIpc) is 2.64. The molecule has 2 aromatic carbocycles. The first-order valence-corrected chi connectivity index (χ1v) is 7.30. The van der Waals surface area contributed by atoms with Gasteiger partial charge < -0.3 is 18.9 Å². The summed E-state index contributed by atoms with van der Waals surface area (Å²) < 4.78 is 21.0. The first-order chi connectivity index (χ1) is 11.6. The fraction of sp³-hybridized carbons (Fsp3) is 0.211. The van der Waals surface area contributed by atoms with Gasteiger partial charge in [0.05, 0.1) is 34.0 Å². The van der Waals surface area contributed by atoms with E-state index in [1.165, 1.54) is 20.3 Å². The van der Waals surface area contributed by atoms with Crippen LogP contribution in [0.15, 0.2) is 42.5 Å². The van der Waals surface area contributed by atoms with Crippen LogP contribution < -0.4 is 18.9 Å². The first kappa shape index (κ1) is 17.4. The average molecular weight is 328 g/mol. The van der Waals surface area contributed by atoms with E-state index in [4.69, 9.17) is 18.9 Å². The third kappa shape index (κ3) is 3.68. The molecule has 0 spiro atoms. The predicted octanol–water partition coefficient (Wildman–Crippen LogP) is 3.62.